The van der Waals surface area contributed by atoms with Crippen molar-refractivity contribution in [1.29, 1.82) is 0 Å². The molecule has 3 rings (SSSR count). The standard InChI is InChI=1S/C18H18Cl2N2O2/c19-15-6-5-13(11-16(15)20)18(23)21-12-14-3-1-2-4-17(14)22-7-9-24-10-8-22/h1-6,11H,7-10,12H2,(H,21,23). The number of carbonyl (C=O) groups excluding carboxylic acids is 1. The fourth-order valence-electron chi connectivity index (χ4n) is 2.69. The third-order valence-corrected chi connectivity index (χ3v) is 4.70. The molecule has 1 amide bonds. The summed E-state index contributed by atoms with van der Waals surface area (Å²) in [7, 11) is 0. The molecule has 1 aliphatic heterocycles. The van der Waals surface area contributed by atoms with Gasteiger partial charge in [-0.2, -0.15) is 0 Å². The molecule has 0 aliphatic carbocycles. The second-order valence-electron chi connectivity index (χ2n) is 5.54. The number of morpholine rings is 1. The molecule has 6 heteroatoms. The molecule has 4 nitrogen and oxygen atoms in total. The Labute approximate surface area is 151 Å². The van der Waals surface area contributed by atoms with E-state index < -0.39 is 0 Å². The quantitative estimate of drug-likeness (QED) is 0.897. The zero-order valence-electron chi connectivity index (χ0n) is 13.1. The smallest absolute Gasteiger partial charge is 0.251 e. The van der Waals surface area contributed by atoms with Gasteiger partial charge in [0.25, 0.3) is 5.91 Å². The van der Waals surface area contributed by atoms with E-state index in [2.05, 4.69) is 16.3 Å². The molecule has 1 heterocycles. The summed E-state index contributed by atoms with van der Waals surface area (Å²) < 4.78 is 5.40. The maximum Gasteiger partial charge on any atom is 0.251 e. The van der Waals surface area contributed by atoms with Crippen LogP contribution in [0.3, 0.4) is 0 Å². The number of nitrogens with zero attached hydrogens (tertiary/aromatic N) is 1. The molecule has 0 unspecified atom stereocenters. The average Bonchev–Trinajstić information content (AvgIpc) is 2.63. The van der Waals surface area contributed by atoms with E-state index >= 15 is 0 Å². The van der Waals surface area contributed by atoms with Crippen molar-refractivity contribution in [1.82, 2.24) is 5.32 Å². The van der Waals surface area contributed by atoms with Crippen LogP contribution in [-0.2, 0) is 11.3 Å². The van der Waals surface area contributed by atoms with E-state index in [9.17, 15) is 4.79 Å². The molecule has 1 N–H and O–H groups in total. The van der Waals surface area contributed by atoms with Crippen LogP contribution in [0.25, 0.3) is 0 Å². The van der Waals surface area contributed by atoms with Gasteiger partial charge in [0.1, 0.15) is 0 Å². The van der Waals surface area contributed by atoms with Gasteiger partial charge < -0.3 is 15.0 Å². The number of nitrogens with one attached hydrogen (secondary N) is 1. The Balaban J connectivity index is 1.70. The normalized spacial score (nSPS) is 14.5. The Morgan fingerprint density at radius 2 is 1.83 bits per heavy atom. The van der Waals surface area contributed by atoms with Gasteiger partial charge in [-0.3, -0.25) is 4.79 Å². The fraction of sp³-hybridized carbons (Fsp3) is 0.278. The van der Waals surface area contributed by atoms with Crippen LogP contribution in [0, 0.1) is 0 Å². The number of anilines is 1. The molecule has 0 bridgehead atoms. The first-order valence-corrected chi connectivity index (χ1v) is 8.54. The van der Waals surface area contributed by atoms with Gasteiger partial charge in [-0.15, -0.1) is 0 Å². The van der Waals surface area contributed by atoms with Crippen LogP contribution in [0.15, 0.2) is 42.5 Å². The summed E-state index contributed by atoms with van der Waals surface area (Å²) in [6.45, 7) is 3.62. The number of para-hydroxylation sites is 1. The van der Waals surface area contributed by atoms with E-state index in [0.717, 1.165) is 37.6 Å². The van der Waals surface area contributed by atoms with Gasteiger partial charge >= 0.3 is 0 Å². The van der Waals surface area contributed by atoms with E-state index in [0.29, 0.717) is 22.2 Å². The van der Waals surface area contributed by atoms with Gasteiger partial charge in [-0.25, -0.2) is 0 Å². The monoisotopic (exact) mass is 364 g/mol. The third-order valence-electron chi connectivity index (χ3n) is 3.96. The van der Waals surface area contributed by atoms with Gasteiger partial charge in [0.2, 0.25) is 0 Å². The topological polar surface area (TPSA) is 41.6 Å². The summed E-state index contributed by atoms with van der Waals surface area (Å²) in [5.41, 5.74) is 2.70. The minimum absolute atomic E-state index is 0.176. The Morgan fingerprint density at radius 1 is 1.08 bits per heavy atom. The summed E-state index contributed by atoms with van der Waals surface area (Å²) >= 11 is 11.9. The highest BCUT2D eigenvalue weighted by molar-refractivity contribution is 6.42. The predicted molar refractivity (Wildman–Crippen MR) is 97.1 cm³/mol. The van der Waals surface area contributed by atoms with Gasteiger partial charge in [0.05, 0.1) is 23.3 Å². The lowest BCUT2D eigenvalue weighted by Crippen LogP contribution is -2.37. The predicted octanol–water partition coefficient (Wildman–Crippen LogP) is 3.76. The zero-order chi connectivity index (χ0) is 16.9. The molecule has 0 spiro atoms. The van der Waals surface area contributed by atoms with Crippen molar-refractivity contribution in [3.8, 4) is 0 Å². The number of halogens is 2. The number of hydrogen-bond donors (Lipinski definition) is 1. The van der Waals surface area contributed by atoms with Crippen LogP contribution in [0.5, 0.6) is 0 Å². The van der Waals surface area contributed by atoms with Crippen LogP contribution in [0.1, 0.15) is 15.9 Å². The highest BCUT2D eigenvalue weighted by atomic mass is 35.5. The Morgan fingerprint density at radius 3 is 2.58 bits per heavy atom. The molecule has 2 aromatic rings. The molecule has 0 atom stereocenters. The summed E-state index contributed by atoms with van der Waals surface area (Å²) in [5.74, 6) is -0.176. The fourth-order valence-corrected chi connectivity index (χ4v) is 2.99. The van der Waals surface area contributed by atoms with E-state index in [1.807, 2.05) is 18.2 Å². The lowest BCUT2D eigenvalue weighted by atomic mass is 10.1. The average molecular weight is 365 g/mol. The Bertz CT molecular complexity index is 731. The minimum Gasteiger partial charge on any atom is -0.378 e. The van der Waals surface area contributed by atoms with Crippen LogP contribution in [0.2, 0.25) is 10.0 Å². The number of benzene rings is 2. The van der Waals surface area contributed by atoms with Gasteiger partial charge in [0.15, 0.2) is 0 Å². The molecule has 126 valence electrons. The number of rotatable bonds is 4. The summed E-state index contributed by atoms with van der Waals surface area (Å²) in [4.78, 5) is 14.6. The van der Waals surface area contributed by atoms with Crippen molar-refractivity contribution in [2.24, 2.45) is 0 Å². The molecule has 0 aromatic heterocycles. The van der Waals surface area contributed by atoms with Crippen LogP contribution < -0.4 is 10.2 Å². The van der Waals surface area contributed by atoms with Crippen LogP contribution in [0.4, 0.5) is 5.69 Å². The lowest BCUT2D eigenvalue weighted by molar-refractivity contribution is 0.0950. The molecule has 0 saturated carbocycles. The molecule has 24 heavy (non-hydrogen) atoms. The van der Waals surface area contributed by atoms with Gasteiger partial charge in [0, 0.05) is 30.9 Å². The summed E-state index contributed by atoms with van der Waals surface area (Å²) in [5, 5.41) is 3.75. The Hall–Kier alpha value is -1.75. The van der Waals surface area contributed by atoms with Gasteiger partial charge in [-0.1, -0.05) is 41.4 Å². The summed E-state index contributed by atoms with van der Waals surface area (Å²) in [6.07, 6.45) is 0. The molecule has 1 aliphatic rings. The number of ether oxygens (including phenoxy) is 1. The van der Waals surface area contributed by atoms with Crippen LogP contribution in [-0.4, -0.2) is 32.2 Å². The SMILES string of the molecule is O=C(NCc1ccccc1N1CCOCC1)c1ccc(Cl)c(Cl)c1. The number of amides is 1. The highest BCUT2D eigenvalue weighted by Gasteiger charge is 2.15. The molecule has 2 aromatic carbocycles. The third kappa shape index (κ3) is 4.01. The van der Waals surface area contributed by atoms with Crippen molar-refractivity contribution in [3.05, 3.63) is 63.6 Å². The molecule has 1 saturated heterocycles. The van der Waals surface area contributed by atoms with E-state index in [1.54, 1.807) is 18.2 Å². The highest BCUT2D eigenvalue weighted by Crippen LogP contribution is 2.23. The number of hydrogen-bond acceptors (Lipinski definition) is 3. The van der Waals surface area contributed by atoms with Crippen molar-refractivity contribution in [3.63, 3.8) is 0 Å². The van der Waals surface area contributed by atoms with E-state index in [-0.39, 0.29) is 5.91 Å². The second-order valence-corrected chi connectivity index (χ2v) is 6.35. The molecular formula is C18H18Cl2N2O2. The van der Waals surface area contributed by atoms with Crippen LogP contribution >= 0.6 is 23.2 Å². The lowest BCUT2D eigenvalue weighted by Gasteiger charge is -2.30. The maximum atomic E-state index is 12.3. The first-order valence-electron chi connectivity index (χ1n) is 7.79. The van der Waals surface area contributed by atoms with E-state index in [1.165, 1.54) is 0 Å². The summed E-state index contributed by atoms with van der Waals surface area (Å²) in [6, 6.07) is 13.0. The van der Waals surface area contributed by atoms with E-state index in [4.69, 9.17) is 27.9 Å². The molecular weight excluding hydrogens is 347 g/mol. The van der Waals surface area contributed by atoms with Crippen molar-refractivity contribution in [2.45, 2.75) is 6.54 Å². The maximum absolute atomic E-state index is 12.3. The first kappa shape index (κ1) is 17.1. The first-order chi connectivity index (χ1) is 11.6. The van der Waals surface area contributed by atoms with Crippen molar-refractivity contribution in [2.75, 3.05) is 31.2 Å². The Kier molecular flexibility index (Phi) is 5.61. The van der Waals surface area contributed by atoms with Crippen molar-refractivity contribution < 1.29 is 9.53 Å². The minimum atomic E-state index is -0.176. The number of carbonyl (C=O) groups is 1. The van der Waals surface area contributed by atoms with Crippen molar-refractivity contribution >= 4 is 34.8 Å². The zero-order valence-corrected chi connectivity index (χ0v) is 14.6. The molecule has 1 fully saturated rings. The second kappa shape index (κ2) is 7.88. The largest absolute Gasteiger partial charge is 0.378 e. The molecule has 0 radical (unpaired) electrons. The van der Waals surface area contributed by atoms with Gasteiger partial charge in [-0.05, 0) is 29.8 Å².